The number of benzene rings is 1. The maximum atomic E-state index is 11.6. The van der Waals surface area contributed by atoms with E-state index in [0.29, 0.717) is 17.9 Å². The molecule has 1 aromatic rings. The molecule has 5 nitrogen and oxygen atoms in total. The SMILES string of the molecule is C[S+](C)CCC([O-])=Nc1ccc(OCC(O)C[OH2+])cc1. The van der Waals surface area contributed by atoms with Crippen molar-refractivity contribution in [3.8, 4) is 5.75 Å². The van der Waals surface area contributed by atoms with E-state index in [1.807, 2.05) is 0 Å². The number of nitrogens with zero attached hydrogens (tertiary/aromatic N) is 1. The van der Waals surface area contributed by atoms with Gasteiger partial charge in [-0.3, -0.25) is 4.99 Å². The van der Waals surface area contributed by atoms with E-state index in [2.05, 4.69) is 17.5 Å². The summed E-state index contributed by atoms with van der Waals surface area (Å²) in [5, 5.41) is 27.8. The van der Waals surface area contributed by atoms with Gasteiger partial charge in [0.1, 0.15) is 18.1 Å². The molecule has 0 aromatic heterocycles. The first-order valence-corrected chi connectivity index (χ1v) is 8.56. The lowest BCUT2D eigenvalue weighted by molar-refractivity contribution is -0.217. The Morgan fingerprint density at radius 2 is 2.05 bits per heavy atom. The molecule has 112 valence electrons. The lowest BCUT2D eigenvalue weighted by Gasteiger charge is -2.10. The normalized spacial score (nSPS) is 13.6. The number of rotatable bonds is 8. The first-order chi connectivity index (χ1) is 9.51. The zero-order valence-electron chi connectivity index (χ0n) is 11.8. The van der Waals surface area contributed by atoms with Crippen LogP contribution in [0.2, 0.25) is 0 Å². The molecule has 0 aliphatic carbocycles. The van der Waals surface area contributed by atoms with Crippen molar-refractivity contribution < 1.29 is 20.1 Å². The van der Waals surface area contributed by atoms with Crippen molar-refractivity contribution in [1.29, 1.82) is 0 Å². The average molecular weight is 300 g/mol. The van der Waals surface area contributed by atoms with Gasteiger partial charge in [0.2, 0.25) is 0 Å². The average Bonchev–Trinajstić information content (AvgIpc) is 2.44. The van der Waals surface area contributed by atoms with E-state index in [0.717, 1.165) is 5.75 Å². The quantitative estimate of drug-likeness (QED) is 0.410. The van der Waals surface area contributed by atoms with E-state index < -0.39 is 6.10 Å². The van der Waals surface area contributed by atoms with Crippen LogP contribution in [0.1, 0.15) is 6.42 Å². The Kier molecular flexibility index (Phi) is 7.43. The second-order valence-corrected chi connectivity index (χ2v) is 6.99. The molecule has 0 fully saturated rings. The zero-order chi connectivity index (χ0) is 15.0. The lowest BCUT2D eigenvalue weighted by atomic mass is 10.3. The molecule has 6 heteroatoms. The minimum absolute atomic E-state index is 0.0849. The molecule has 1 atom stereocenters. The molecule has 1 unspecified atom stereocenters. The van der Waals surface area contributed by atoms with Crippen LogP contribution < -0.4 is 9.84 Å². The van der Waals surface area contributed by atoms with Crippen molar-refractivity contribution in [1.82, 2.24) is 0 Å². The number of hydrogen-bond donors (Lipinski definition) is 1. The van der Waals surface area contributed by atoms with Crippen LogP contribution in [0.5, 0.6) is 5.75 Å². The Balaban J connectivity index is 2.51. The molecule has 0 radical (unpaired) electrons. The van der Waals surface area contributed by atoms with Crippen LogP contribution in [0.15, 0.2) is 29.3 Å². The van der Waals surface area contributed by atoms with Gasteiger partial charge in [-0.1, -0.05) is 0 Å². The van der Waals surface area contributed by atoms with Gasteiger partial charge in [0, 0.05) is 6.42 Å². The fraction of sp³-hybridized carbons (Fsp3) is 0.500. The summed E-state index contributed by atoms with van der Waals surface area (Å²) in [5.41, 5.74) is 0.607. The summed E-state index contributed by atoms with van der Waals surface area (Å²) in [4.78, 5) is 4.01. The molecular formula is C14H22NO4S+. The molecule has 0 amide bonds. The van der Waals surface area contributed by atoms with E-state index in [1.54, 1.807) is 24.3 Å². The van der Waals surface area contributed by atoms with E-state index >= 15 is 0 Å². The van der Waals surface area contributed by atoms with E-state index in [-0.39, 0.29) is 30.0 Å². The summed E-state index contributed by atoms with van der Waals surface area (Å²) in [6, 6.07) is 6.82. The zero-order valence-corrected chi connectivity index (χ0v) is 12.7. The molecule has 0 bridgehead atoms. The molecule has 0 saturated heterocycles. The predicted molar refractivity (Wildman–Crippen MR) is 82.2 cm³/mol. The fourth-order valence-corrected chi connectivity index (χ4v) is 1.94. The Morgan fingerprint density at radius 3 is 2.60 bits per heavy atom. The summed E-state index contributed by atoms with van der Waals surface area (Å²) in [5.74, 6) is 1.35. The largest absolute Gasteiger partial charge is 0.862 e. The van der Waals surface area contributed by atoms with Crippen LogP contribution in [0, 0.1) is 0 Å². The van der Waals surface area contributed by atoms with Gasteiger partial charge in [0.25, 0.3) is 0 Å². The summed E-state index contributed by atoms with van der Waals surface area (Å²) in [6.07, 6.45) is 3.90. The molecule has 20 heavy (non-hydrogen) atoms. The second kappa shape index (κ2) is 8.84. The van der Waals surface area contributed by atoms with E-state index in [4.69, 9.17) is 9.84 Å². The molecule has 0 aliphatic rings. The Labute approximate surface area is 122 Å². The molecule has 0 saturated carbocycles. The fourth-order valence-electron chi connectivity index (χ4n) is 1.36. The highest BCUT2D eigenvalue weighted by Crippen LogP contribution is 2.18. The third-order valence-corrected chi connectivity index (χ3v) is 3.51. The summed E-state index contributed by atoms with van der Waals surface area (Å²) >= 11 is 0. The van der Waals surface area contributed by atoms with Gasteiger partial charge in [-0.25, -0.2) is 0 Å². The predicted octanol–water partition coefficient (Wildman–Crippen LogP) is -0.191. The Morgan fingerprint density at radius 1 is 1.40 bits per heavy atom. The first kappa shape index (κ1) is 16.8. The highest BCUT2D eigenvalue weighted by molar-refractivity contribution is 7.95. The summed E-state index contributed by atoms with van der Waals surface area (Å²) in [6.45, 7) is 0.00661. The molecule has 3 N–H and O–H groups in total. The second-order valence-electron chi connectivity index (χ2n) is 4.61. The first-order valence-electron chi connectivity index (χ1n) is 6.35. The third kappa shape index (κ3) is 6.79. The number of hydrogen-bond acceptors (Lipinski definition) is 4. The monoisotopic (exact) mass is 300 g/mol. The smallest absolute Gasteiger partial charge is 0.173 e. The highest BCUT2D eigenvalue weighted by atomic mass is 32.2. The van der Waals surface area contributed by atoms with Crippen molar-refractivity contribution in [2.75, 3.05) is 31.5 Å². The van der Waals surface area contributed by atoms with Crippen LogP contribution in [0.3, 0.4) is 0 Å². The molecular weight excluding hydrogens is 278 g/mol. The maximum absolute atomic E-state index is 11.6. The number of aliphatic imine (C=N–C) groups is 1. The van der Waals surface area contributed by atoms with Gasteiger partial charge in [0.05, 0.1) is 18.2 Å². The van der Waals surface area contributed by atoms with Crippen LogP contribution in [-0.2, 0) is 10.9 Å². The van der Waals surface area contributed by atoms with Crippen LogP contribution in [0.25, 0.3) is 0 Å². The van der Waals surface area contributed by atoms with Crippen molar-refractivity contribution in [3.05, 3.63) is 24.3 Å². The van der Waals surface area contributed by atoms with Crippen molar-refractivity contribution >= 4 is 22.5 Å². The summed E-state index contributed by atoms with van der Waals surface area (Å²) in [7, 11) is 0.254. The van der Waals surface area contributed by atoms with Gasteiger partial charge in [-0.15, -0.1) is 0 Å². The van der Waals surface area contributed by atoms with Crippen LogP contribution >= 0.6 is 0 Å². The Bertz CT molecular complexity index is 420. The molecule has 0 aliphatic heterocycles. The maximum Gasteiger partial charge on any atom is 0.173 e. The molecule has 1 rings (SSSR count). The van der Waals surface area contributed by atoms with Gasteiger partial charge < -0.3 is 20.1 Å². The van der Waals surface area contributed by atoms with Gasteiger partial charge in [-0.05, 0) is 41.1 Å². The van der Waals surface area contributed by atoms with Crippen molar-refractivity contribution in [2.24, 2.45) is 4.99 Å². The standard InChI is InChI=1S/C14H21NO4S/c1-20(2)8-7-14(18)15-11-3-5-13(6-4-11)19-10-12(17)9-16/h3-6,12,16-17H,7-10H2,1-2H3/p+1. The molecule has 0 heterocycles. The number of aliphatic hydroxyl groups excluding tert-OH is 1. The van der Waals surface area contributed by atoms with Gasteiger partial charge >= 0.3 is 0 Å². The minimum atomic E-state index is -0.780. The Hall–Kier alpha value is -1.24. The van der Waals surface area contributed by atoms with Crippen LogP contribution in [-0.4, -0.2) is 53.7 Å². The lowest BCUT2D eigenvalue weighted by Crippen LogP contribution is -2.21. The summed E-state index contributed by atoms with van der Waals surface area (Å²) < 4.78 is 5.30. The number of aliphatic hydroxyl groups is 1. The molecule has 0 spiro atoms. The minimum Gasteiger partial charge on any atom is -0.862 e. The van der Waals surface area contributed by atoms with Gasteiger partial charge in [-0.2, -0.15) is 0 Å². The van der Waals surface area contributed by atoms with Crippen molar-refractivity contribution in [3.63, 3.8) is 0 Å². The van der Waals surface area contributed by atoms with E-state index in [1.165, 1.54) is 0 Å². The van der Waals surface area contributed by atoms with Crippen molar-refractivity contribution in [2.45, 2.75) is 12.5 Å². The number of ether oxygens (including phenoxy) is 1. The molecule has 1 aromatic carbocycles. The topological polar surface area (TPSA) is 87.8 Å². The van der Waals surface area contributed by atoms with Crippen LogP contribution in [0.4, 0.5) is 5.69 Å². The highest BCUT2D eigenvalue weighted by Gasteiger charge is 2.05. The third-order valence-electron chi connectivity index (χ3n) is 2.49. The van der Waals surface area contributed by atoms with E-state index in [9.17, 15) is 10.2 Å². The van der Waals surface area contributed by atoms with Gasteiger partial charge in [0.15, 0.2) is 12.7 Å².